The Labute approximate surface area is 100 Å². The first-order valence-electron chi connectivity index (χ1n) is 5.26. The number of hydrogen-bond donors (Lipinski definition) is 0. The van der Waals surface area contributed by atoms with E-state index in [1.807, 2.05) is 11.5 Å². The van der Waals surface area contributed by atoms with Crippen LogP contribution in [0.1, 0.15) is 19.0 Å². The summed E-state index contributed by atoms with van der Waals surface area (Å²) >= 11 is 5.75. The van der Waals surface area contributed by atoms with Gasteiger partial charge in [-0.1, -0.05) is 6.08 Å². The molecule has 3 nitrogen and oxygen atoms in total. The minimum atomic E-state index is -0.121. The topological polar surface area (TPSA) is 31.2 Å². The van der Waals surface area contributed by atoms with Gasteiger partial charge in [-0.05, 0) is 13.3 Å². The maximum atomic E-state index is 11.6. The summed E-state index contributed by atoms with van der Waals surface area (Å²) in [6, 6.07) is 1.53. The van der Waals surface area contributed by atoms with Crippen LogP contribution >= 0.6 is 11.6 Å². The molecule has 1 rings (SSSR count). The normalized spacial score (nSPS) is 10.1. The van der Waals surface area contributed by atoms with Crippen LogP contribution in [0.4, 0.5) is 0 Å². The Balaban J connectivity index is 2.92. The number of pyridine rings is 1. The number of aromatic nitrogens is 1. The van der Waals surface area contributed by atoms with Crippen molar-refractivity contribution >= 4 is 11.6 Å². The van der Waals surface area contributed by atoms with Crippen LogP contribution in [0.5, 0.6) is 5.75 Å². The highest BCUT2D eigenvalue weighted by Gasteiger charge is 2.05. The molecule has 0 aromatic carbocycles. The lowest BCUT2D eigenvalue weighted by molar-refractivity contribution is 0.318. The summed E-state index contributed by atoms with van der Waals surface area (Å²) in [6.07, 6.45) is 4.19. The molecule has 0 unspecified atom stereocenters. The number of halogens is 1. The first kappa shape index (κ1) is 12.8. The number of ether oxygens (including phenoxy) is 1. The summed E-state index contributed by atoms with van der Waals surface area (Å²) in [5.74, 6) is 0.702. The molecule has 0 fully saturated rings. The predicted octanol–water partition coefficient (Wildman–Crippen LogP) is 2.56. The van der Waals surface area contributed by atoms with Gasteiger partial charge in [-0.15, -0.1) is 18.2 Å². The van der Waals surface area contributed by atoms with Crippen LogP contribution in [0.25, 0.3) is 0 Å². The number of nitrogens with zero attached hydrogens (tertiary/aromatic N) is 1. The summed E-state index contributed by atoms with van der Waals surface area (Å²) in [5.41, 5.74) is 0.689. The highest BCUT2D eigenvalue weighted by atomic mass is 35.5. The van der Waals surface area contributed by atoms with Gasteiger partial charge in [0.2, 0.25) is 5.43 Å². The van der Waals surface area contributed by atoms with Crippen molar-refractivity contribution in [2.45, 2.75) is 25.8 Å². The molecule has 0 spiro atoms. The van der Waals surface area contributed by atoms with Crippen molar-refractivity contribution in [1.29, 1.82) is 0 Å². The zero-order valence-corrected chi connectivity index (χ0v) is 10.2. The molecule has 0 atom stereocenters. The van der Waals surface area contributed by atoms with Crippen LogP contribution in [-0.4, -0.2) is 11.2 Å². The average molecular weight is 242 g/mol. The summed E-state index contributed by atoms with van der Waals surface area (Å²) in [7, 11) is 0. The van der Waals surface area contributed by atoms with Crippen LogP contribution in [0.3, 0.4) is 0 Å². The van der Waals surface area contributed by atoms with Crippen LogP contribution in [-0.2, 0) is 12.4 Å². The van der Waals surface area contributed by atoms with E-state index in [1.165, 1.54) is 6.07 Å². The Bertz CT molecular complexity index is 412. The highest BCUT2D eigenvalue weighted by Crippen LogP contribution is 2.09. The van der Waals surface area contributed by atoms with Gasteiger partial charge < -0.3 is 9.30 Å². The summed E-state index contributed by atoms with van der Waals surface area (Å²) in [4.78, 5) is 11.6. The fraction of sp³-hybridized carbons (Fsp3) is 0.417. The van der Waals surface area contributed by atoms with Crippen LogP contribution in [0.15, 0.2) is 29.7 Å². The predicted molar refractivity (Wildman–Crippen MR) is 66.2 cm³/mol. The highest BCUT2D eigenvalue weighted by molar-refractivity contribution is 6.16. The molecule has 0 N–H and O–H groups in total. The maximum absolute atomic E-state index is 11.6. The molecule has 1 heterocycles. The van der Waals surface area contributed by atoms with Crippen molar-refractivity contribution in [3.63, 3.8) is 0 Å². The summed E-state index contributed by atoms with van der Waals surface area (Å²) in [5, 5.41) is 0. The van der Waals surface area contributed by atoms with Gasteiger partial charge in [-0.3, -0.25) is 4.79 Å². The molecule has 88 valence electrons. The van der Waals surface area contributed by atoms with E-state index in [0.717, 1.165) is 18.7 Å². The largest absolute Gasteiger partial charge is 0.488 e. The Morgan fingerprint density at radius 2 is 2.38 bits per heavy atom. The molecular formula is C12H16ClNO2. The van der Waals surface area contributed by atoms with E-state index in [-0.39, 0.29) is 5.43 Å². The number of rotatable bonds is 6. The third kappa shape index (κ3) is 3.14. The monoisotopic (exact) mass is 241 g/mol. The van der Waals surface area contributed by atoms with Gasteiger partial charge in [0.05, 0.1) is 18.7 Å². The van der Waals surface area contributed by atoms with Gasteiger partial charge in [-0.2, -0.15) is 0 Å². The van der Waals surface area contributed by atoms with Crippen LogP contribution in [0.2, 0.25) is 0 Å². The second kappa shape index (κ2) is 6.38. The van der Waals surface area contributed by atoms with Crippen LogP contribution in [0, 0.1) is 0 Å². The van der Waals surface area contributed by atoms with Crippen molar-refractivity contribution in [2.24, 2.45) is 0 Å². The minimum Gasteiger partial charge on any atom is -0.488 e. The molecule has 0 aliphatic carbocycles. The van der Waals surface area contributed by atoms with E-state index in [1.54, 1.807) is 12.3 Å². The fourth-order valence-corrected chi connectivity index (χ4v) is 1.59. The molecule has 0 amide bonds. The first-order valence-corrected chi connectivity index (χ1v) is 5.79. The lowest BCUT2D eigenvalue weighted by atomic mass is 10.3. The number of aryl methyl sites for hydroxylation is 1. The quantitative estimate of drug-likeness (QED) is 0.436. The fourth-order valence-electron chi connectivity index (χ4n) is 1.36. The SMILES string of the molecule is C=CCCOc1cn(CC)c(CCl)cc1=O. The molecule has 0 bridgehead atoms. The van der Waals surface area contributed by atoms with Gasteiger partial charge in [0.1, 0.15) is 0 Å². The van der Waals surface area contributed by atoms with Crippen molar-refractivity contribution in [1.82, 2.24) is 4.57 Å². The molecule has 0 aliphatic heterocycles. The van der Waals surface area contributed by atoms with E-state index >= 15 is 0 Å². The number of alkyl halides is 1. The molecule has 0 saturated heterocycles. The van der Waals surface area contributed by atoms with Gasteiger partial charge in [0, 0.05) is 18.3 Å². The van der Waals surface area contributed by atoms with E-state index in [4.69, 9.17) is 16.3 Å². The zero-order valence-electron chi connectivity index (χ0n) is 9.41. The Morgan fingerprint density at radius 1 is 1.62 bits per heavy atom. The lowest BCUT2D eigenvalue weighted by Crippen LogP contribution is -2.14. The molecule has 4 heteroatoms. The zero-order chi connectivity index (χ0) is 12.0. The smallest absolute Gasteiger partial charge is 0.223 e. The van der Waals surface area contributed by atoms with E-state index in [0.29, 0.717) is 18.2 Å². The summed E-state index contributed by atoms with van der Waals surface area (Å²) in [6.45, 7) is 6.83. The van der Waals surface area contributed by atoms with Crippen molar-refractivity contribution in [3.8, 4) is 5.75 Å². The second-order valence-corrected chi connectivity index (χ2v) is 3.61. The second-order valence-electron chi connectivity index (χ2n) is 3.34. The maximum Gasteiger partial charge on any atom is 0.223 e. The molecule has 0 radical (unpaired) electrons. The molecule has 0 aliphatic rings. The third-order valence-electron chi connectivity index (χ3n) is 2.24. The first-order chi connectivity index (χ1) is 7.72. The Morgan fingerprint density at radius 3 is 2.94 bits per heavy atom. The molecule has 0 saturated carbocycles. The van der Waals surface area contributed by atoms with E-state index < -0.39 is 0 Å². The van der Waals surface area contributed by atoms with Crippen molar-refractivity contribution in [3.05, 3.63) is 40.8 Å². The Hall–Kier alpha value is -1.22. The number of hydrogen-bond acceptors (Lipinski definition) is 2. The molecule has 1 aromatic heterocycles. The third-order valence-corrected chi connectivity index (χ3v) is 2.51. The van der Waals surface area contributed by atoms with Gasteiger partial charge in [0.25, 0.3) is 0 Å². The van der Waals surface area contributed by atoms with Gasteiger partial charge >= 0.3 is 0 Å². The standard InChI is InChI=1S/C12H16ClNO2/c1-3-5-6-16-12-9-14(4-2)10(8-13)7-11(12)15/h3,7,9H,1,4-6,8H2,2H3. The average Bonchev–Trinajstić information content (AvgIpc) is 2.31. The molecule has 1 aromatic rings. The summed E-state index contributed by atoms with van der Waals surface area (Å²) < 4.78 is 7.29. The Kier molecular flexibility index (Phi) is 5.12. The van der Waals surface area contributed by atoms with E-state index in [9.17, 15) is 4.79 Å². The van der Waals surface area contributed by atoms with Crippen molar-refractivity contribution in [2.75, 3.05) is 6.61 Å². The molecular weight excluding hydrogens is 226 g/mol. The van der Waals surface area contributed by atoms with E-state index in [2.05, 4.69) is 6.58 Å². The lowest BCUT2D eigenvalue weighted by Gasteiger charge is -2.11. The van der Waals surface area contributed by atoms with Gasteiger partial charge in [-0.25, -0.2) is 0 Å². The van der Waals surface area contributed by atoms with Crippen LogP contribution < -0.4 is 10.2 Å². The molecule has 16 heavy (non-hydrogen) atoms. The van der Waals surface area contributed by atoms with Crippen molar-refractivity contribution < 1.29 is 4.74 Å². The minimum absolute atomic E-state index is 0.121. The van der Waals surface area contributed by atoms with Gasteiger partial charge in [0.15, 0.2) is 5.75 Å².